The van der Waals surface area contributed by atoms with Gasteiger partial charge in [-0.3, -0.25) is 9.59 Å². The predicted octanol–water partition coefficient (Wildman–Crippen LogP) is 2.54. The van der Waals surface area contributed by atoms with Crippen molar-refractivity contribution < 1.29 is 14.7 Å². The molecule has 0 aliphatic rings. The van der Waals surface area contributed by atoms with E-state index in [0.717, 1.165) is 12.8 Å². The number of carboxylic acids is 1. The van der Waals surface area contributed by atoms with Gasteiger partial charge in [-0.25, -0.2) is 0 Å². The van der Waals surface area contributed by atoms with Crippen LogP contribution < -0.4 is 0 Å². The molecule has 0 aliphatic carbocycles. The molecule has 0 bridgehead atoms. The minimum Gasteiger partial charge on any atom is -0.481 e. The molecule has 0 aromatic heterocycles. The number of carbonyl (C=O) groups excluding carboxylic acids is 1. The van der Waals surface area contributed by atoms with Crippen LogP contribution in [0.1, 0.15) is 47.0 Å². The summed E-state index contributed by atoms with van der Waals surface area (Å²) in [7, 11) is 0. The summed E-state index contributed by atoms with van der Waals surface area (Å²) in [5.41, 5.74) is -1.14. The fourth-order valence-electron chi connectivity index (χ4n) is 1.54. The van der Waals surface area contributed by atoms with Gasteiger partial charge >= 0.3 is 5.97 Å². The Labute approximate surface area is 96.7 Å². The van der Waals surface area contributed by atoms with Gasteiger partial charge in [0, 0.05) is 0 Å². The van der Waals surface area contributed by atoms with Crippen LogP contribution in [0, 0.1) is 5.41 Å². The van der Waals surface area contributed by atoms with E-state index in [9.17, 15) is 9.59 Å². The van der Waals surface area contributed by atoms with Gasteiger partial charge in [0.1, 0.15) is 5.78 Å². The third-order valence-electron chi connectivity index (χ3n) is 3.04. The average Bonchev–Trinajstić information content (AvgIpc) is 2.13. The predicted molar refractivity (Wildman–Crippen MR) is 63.3 cm³/mol. The van der Waals surface area contributed by atoms with Crippen LogP contribution in [0.15, 0.2) is 0 Å². The molecule has 1 unspecified atom stereocenters. The van der Waals surface area contributed by atoms with Gasteiger partial charge in [0.2, 0.25) is 0 Å². The quantitative estimate of drug-likeness (QED) is 0.692. The lowest BCUT2D eigenvalue weighted by Gasteiger charge is -2.38. The number of carbonyl (C=O) groups is 2. The molecule has 0 heterocycles. The second-order valence-corrected chi connectivity index (χ2v) is 5.21. The Morgan fingerprint density at radius 2 is 1.80 bits per heavy atom. The second-order valence-electron chi connectivity index (χ2n) is 4.45. The SMILES string of the molecule is CCCCC(S)(C(C)=O)C(C)(C)C(=O)O. The summed E-state index contributed by atoms with van der Waals surface area (Å²) in [4.78, 5) is 22.7. The van der Waals surface area contributed by atoms with Crippen molar-refractivity contribution in [3.05, 3.63) is 0 Å². The number of Topliss-reactive ketones (excluding diaryl/α,β-unsaturated/α-hetero) is 1. The number of thiol groups is 1. The summed E-state index contributed by atoms with van der Waals surface area (Å²) < 4.78 is -1.07. The van der Waals surface area contributed by atoms with Crippen LogP contribution in [0.2, 0.25) is 0 Å². The molecular weight excluding hydrogens is 212 g/mol. The van der Waals surface area contributed by atoms with Crippen molar-refractivity contribution in [3.63, 3.8) is 0 Å². The molecule has 0 spiro atoms. The maximum absolute atomic E-state index is 11.6. The Kier molecular flexibility index (Phi) is 4.84. The van der Waals surface area contributed by atoms with E-state index >= 15 is 0 Å². The van der Waals surface area contributed by atoms with Crippen LogP contribution in [0.4, 0.5) is 0 Å². The van der Waals surface area contributed by atoms with Crippen molar-refractivity contribution >= 4 is 24.4 Å². The van der Waals surface area contributed by atoms with E-state index in [1.165, 1.54) is 6.92 Å². The van der Waals surface area contributed by atoms with Crippen molar-refractivity contribution in [2.45, 2.75) is 51.7 Å². The lowest BCUT2D eigenvalue weighted by Crippen LogP contribution is -2.50. The van der Waals surface area contributed by atoms with Crippen LogP contribution in [-0.4, -0.2) is 21.6 Å². The van der Waals surface area contributed by atoms with E-state index in [-0.39, 0.29) is 5.78 Å². The van der Waals surface area contributed by atoms with Crippen molar-refractivity contribution in [1.82, 2.24) is 0 Å². The lowest BCUT2D eigenvalue weighted by atomic mass is 9.73. The normalized spacial score (nSPS) is 15.8. The molecule has 0 aromatic rings. The van der Waals surface area contributed by atoms with Gasteiger partial charge in [-0.05, 0) is 27.2 Å². The Hall–Kier alpha value is -0.510. The number of rotatable bonds is 6. The van der Waals surface area contributed by atoms with E-state index in [4.69, 9.17) is 5.11 Å². The number of aliphatic carboxylic acids is 1. The van der Waals surface area contributed by atoms with E-state index in [1.807, 2.05) is 6.92 Å². The van der Waals surface area contributed by atoms with E-state index in [0.29, 0.717) is 6.42 Å². The summed E-state index contributed by atoms with van der Waals surface area (Å²) in [5, 5.41) is 9.12. The summed E-state index contributed by atoms with van der Waals surface area (Å²) >= 11 is 4.34. The summed E-state index contributed by atoms with van der Waals surface area (Å²) in [6.07, 6.45) is 2.23. The largest absolute Gasteiger partial charge is 0.481 e. The third kappa shape index (κ3) is 2.74. The second kappa shape index (κ2) is 5.01. The maximum Gasteiger partial charge on any atom is 0.310 e. The monoisotopic (exact) mass is 232 g/mol. The van der Waals surface area contributed by atoms with Crippen molar-refractivity contribution in [2.75, 3.05) is 0 Å². The molecular formula is C11H20O3S. The van der Waals surface area contributed by atoms with Gasteiger partial charge in [0.15, 0.2) is 0 Å². The molecule has 0 saturated carbocycles. The van der Waals surface area contributed by atoms with Crippen molar-refractivity contribution in [3.8, 4) is 0 Å². The molecule has 4 heteroatoms. The van der Waals surface area contributed by atoms with Crippen LogP contribution in [-0.2, 0) is 9.59 Å². The molecule has 0 aromatic carbocycles. The zero-order chi connectivity index (χ0) is 12.3. The zero-order valence-electron chi connectivity index (χ0n) is 9.83. The molecule has 15 heavy (non-hydrogen) atoms. The average molecular weight is 232 g/mol. The summed E-state index contributed by atoms with van der Waals surface area (Å²) in [6, 6.07) is 0. The van der Waals surface area contributed by atoms with Crippen LogP contribution in [0.25, 0.3) is 0 Å². The van der Waals surface area contributed by atoms with Gasteiger partial charge < -0.3 is 5.11 Å². The topological polar surface area (TPSA) is 54.4 Å². The highest BCUT2D eigenvalue weighted by Crippen LogP contribution is 2.41. The molecule has 1 atom stereocenters. The zero-order valence-corrected chi connectivity index (χ0v) is 10.7. The lowest BCUT2D eigenvalue weighted by molar-refractivity contribution is -0.151. The first-order chi connectivity index (χ1) is 6.70. The fourth-order valence-corrected chi connectivity index (χ4v) is 1.79. The molecule has 0 saturated heterocycles. The minimum absolute atomic E-state index is 0.174. The molecule has 0 amide bonds. The van der Waals surface area contributed by atoms with Crippen LogP contribution >= 0.6 is 12.6 Å². The van der Waals surface area contributed by atoms with Gasteiger partial charge in [0.05, 0.1) is 10.2 Å². The Morgan fingerprint density at radius 3 is 2.07 bits per heavy atom. The Morgan fingerprint density at radius 1 is 1.33 bits per heavy atom. The highest BCUT2D eigenvalue weighted by molar-refractivity contribution is 7.82. The number of hydrogen-bond donors (Lipinski definition) is 2. The molecule has 0 fully saturated rings. The number of unbranched alkanes of at least 4 members (excludes halogenated alkanes) is 1. The van der Waals surface area contributed by atoms with Crippen molar-refractivity contribution in [1.29, 1.82) is 0 Å². The van der Waals surface area contributed by atoms with E-state index < -0.39 is 16.1 Å². The van der Waals surface area contributed by atoms with Gasteiger partial charge in [-0.15, -0.1) is 0 Å². The molecule has 0 radical (unpaired) electrons. The highest BCUT2D eigenvalue weighted by Gasteiger charge is 2.50. The number of carboxylic acid groups (broad SMARTS) is 1. The van der Waals surface area contributed by atoms with Gasteiger partial charge in [-0.1, -0.05) is 19.8 Å². The number of hydrogen-bond acceptors (Lipinski definition) is 3. The Bertz CT molecular complexity index is 261. The minimum atomic E-state index is -1.14. The summed E-state index contributed by atoms with van der Waals surface area (Å²) in [5.74, 6) is -1.16. The maximum atomic E-state index is 11.6. The third-order valence-corrected chi connectivity index (χ3v) is 4.14. The Balaban J connectivity index is 5.10. The van der Waals surface area contributed by atoms with Crippen LogP contribution in [0.5, 0.6) is 0 Å². The molecule has 0 aliphatic heterocycles. The first-order valence-corrected chi connectivity index (χ1v) is 5.61. The highest BCUT2D eigenvalue weighted by atomic mass is 32.1. The molecule has 1 N–H and O–H groups in total. The van der Waals surface area contributed by atoms with E-state index in [2.05, 4.69) is 12.6 Å². The first kappa shape index (κ1) is 14.5. The van der Waals surface area contributed by atoms with Crippen molar-refractivity contribution in [2.24, 2.45) is 5.41 Å². The van der Waals surface area contributed by atoms with Gasteiger partial charge in [0.25, 0.3) is 0 Å². The molecule has 88 valence electrons. The number of ketones is 1. The first-order valence-electron chi connectivity index (χ1n) is 5.17. The standard InChI is InChI=1S/C11H20O3S/c1-5-6-7-11(15,8(2)12)10(3,4)9(13)14/h15H,5-7H2,1-4H3,(H,13,14). The fraction of sp³-hybridized carbons (Fsp3) is 0.818. The summed E-state index contributed by atoms with van der Waals surface area (Å²) in [6.45, 7) is 6.52. The van der Waals surface area contributed by atoms with Gasteiger partial charge in [-0.2, -0.15) is 12.6 Å². The molecule has 0 rings (SSSR count). The molecule has 3 nitrogen and oxygen atoms in total. The van der Waals surface area contributed by atoms with Crippen LogP contribution in [0.3, 0.4) is 0 Å². The smallest absolute Gasteiger partial charge is 0.310 e. The van der Waals surface area contributed by atoms with E-state index in [1.54, 1.807) is 13.8 Å².